The second kappa shape index (κ2) is 4.32. The van der Waals surface area contributed by atoms with Crippen molar-refractivity contribution in [3.63, 3.8) is 0 Å². The first-order chi connectivity index (χ1) is 8.67. The van der Waals surface area contributed by atoms with E-state index in [2.05, 4.69) is 54.4 Å². The third kappa shape index (κ3) is 1.99. The molecule has 2 nitrogen and oxygen atoms in total. The second-order valence-electron chi connectivity index (χ2n) is 4.88. The summed E-state index contributed by atoms with van der Waals surface area (Å²) in [4.78, 5) is 4.65. The van der Waals surface area contributed by atoms with Crippen molar-refractivity contribution in [3.05, 3.63) is 48.0 Å². The molecule has 0 saturated heterocycles. The number of fused-ring (bicyclic) bond motifs is 1. The Balaban J connectivity index is 2.11. The summed E-state index contributed by atoms with van der Waals surface area (Å²) in [6.45, 7) is 2.17. The monoisotopic (exact) mass is 256 g/mol. The van der Waals surface area contributed by atoms with E-state index in [0.29, 0.717) is 5.17 Å². The zero-order valence-electron chi connectivity index (χ0n) is 10.4. The number of hydrogen-bond acceptors (Lipinski definition) is 3. The van der Waals surface area contributed by atoms with Crippen molar-refractivity contribution < 1.29 is 0 Å². The SMILES string of the molecule is CC1(c2ccc3ccccc3c2)CCSC(N)=N1. The maximum Gasteiger partial charge on any atom is 0.154 e. The number of benzene rings is 2. The lowest BCUT2D eigenvalue weighted by molar-refractivity contribution is 0.482. The van der Waals surface area contributed by atoms with Crippen molar-refractivity contribution in [1.82, 2.24) is 0 Å². The van der Waals surface area contributed by atoms with Gasteiger partial charge in [-0.15, -0.1) is 0 Å². The third-order valence-corrected chi connectivity index (χ3v) is 4.36. The molecule has 1 heterocycles. The molecule has 1 unspecified atom stereocenters. The Morgan fingerprint density at radius 2 is 1.94 bits per heavy atom. The Morgan fingerprint density at radius 1 is 1.17 bits per heavy atom. The van der Waals surface area contributed by atoms with Gasteiger partial charge in [0, 0.05) is 5.75 Å². The van der Waals surface area contributed by atoms with Gasteiger partial charge in [0.25, 0.3) is 0 Å². The second-order valence-corrected chi connectivity index (χ2v) is 6.00. The van der Waals surface area contributed by atoms with Crippen molar-refractivity contribution >= 4 is 27.7 Å². The Hall–Kier alpha value is -1.48. The molecule has 2 aromatic carbocycles. The maximum atomic E-state index is 5.87. The molecule has 3 rings (SSSR count). The summed E-state index contributed by atoms with van der Waals surface area (Å²) >= 11 is 1.65. The molecular formula is C15H16N2S. The Kier molecular flexibility index (Phi) is 2.78. The van der Waals surface area contributed by atoms with Gasteiger partial charge in [0.15, 0.2) is 5.17 Å². The Bertz CT molecular complexity index is 621. The lowest BCUT2D eigenvalue weighted by Crippen LogP contribution is -2.28. The number of thioether (sulfide) groups is 1. The minimum absolute atomic E-state index is 0.167. The molecule has 1 aliphatic rings. The predicted molar refractivity (Wildman–Crippen MR) is 80.0 cm³/mol. The van der Waals surface area contributed by atoms with E-state index in [9.17, 15) is 0 Å². The van der Waals surface area contributed by atoms with E-state index in [4.69, 9.17) is 5.73 Å². The highest BCUT2D eigenvalue weighted by molar-refractivity contribution is 8.13. The molecule has 0 aromatic heterocycles. The fourth-order valence-corrected chi connectivity index (χ4v) is 3.39. The first-order valence-electron chi connectivity index (χ1n) is 6.15. The van der Waals surface area contributed by atoms with Crippen molar-refractivity contribution in [1.29, 1.82) is 0 Å². The van der Waals surface area contributed by atoms with Crippen LogP contribution in [-0.2, 0) is 5.54 Å². The van der Waals surface area contributed by atoms with Gasteiger partial charge in [-0.2, -0.15) is 0 Å². The highest BCUT2D eigenvalue weighted by atomic mass is 32.2. The van der Waals surface area contributed by atoms with Crippen LogP contribution < -0.4 is 5.73 Å². The number of rotatable bonds is 1. The smallest absolute Gasteiger partial charge is 0.154 e. The van der Waals surface area contributed by atoms with Gasteiger partial charge in [-0.05, 0) is 35.7 Å². The number of nitrogens with two attached hydrogens (primary N) is 1. The fraction of sp³-hybridized carbons (Fsp3) is 0.267. The van der Waals surface area contributed by atoms with E-state index in [1.165, 1.54) is 16.3 Å². The number of aliphatic imine (C=N–C) groups is 1. The normalized spacial score (nSPS) is 23.9. The summed E-state index contributed by atoms with van der Waals surface area (Å²) in [7, 11) is 0. The average Bonchev–Trinajstić information content (AvgIpc) is 2.38. The molecule has 92 valence electrons. The molecule has 2 aromatic rings. The summed E-state index contributed by atoms with van der Waals surface area (Å²) in [5.74, 6) is 1.04. The van der Waals surface area contributed by atoms with E-state index in [1.807, 2.05) is 0 Å². The van der Waals surface area contributed by atoms with Crippen LogP contribution in [0.3, 0.4) is 0 Å². The van der Waals surface area contributed by atoms with Gasteiger partial charge < -0.3 is 5.73 Å². The van der Waals surface area contributed by atoms with Crippen molar-refractivity contribution in [2.24, 2.45) is 10.7 Å². The van der Waals surface area contributed by atoms with Crippen LogP contribution in [-0.4, -0.2) is 10.9 Å². The van der Waals surface area contributed by atoms with Crippen LogP contribution in [0.4, 0.5) is 0 Å². The zero-order chi connectivity index (χ0) is 12.6. The molecule has 1 atom stereocenters. The zero-order valence-corrected chi connectivity index (χ0v) is 11.2. The average molecular weight is 256 g/mol. The van der Waals surface area contributed by atoms with Crippen LogP contribution in [0.1, 0.15) is 18.9 Å². The molecule has 0 bridgehead atoms. The van der Waals surface area contributed by atoms with Gasteiger partial charge >= 0.3 is 0 Å². The molecular weight excluding hydrogens is 240 g/mol. The van der Waals surface area contributed by atoms with Gasteiger partial charge in [-0.3, -0.25) is 4.99 Å². The Morgan fingerprint density at radius 3 is 2.72 bits per heavy atom. The topological polar surface area (TPSA) is 38.4 Å². The number of amidine groups is 1. The number of nitrogens with zero attached hydrogens (tertiary/aromatic N) is 1. The highest BCUT2D eigenvalue weighted by Gasteiger charge is 2.29. The summed E-state index contributed by atoms with van der Waals surface area (Å²) in [6.07, 6.45) is 1.04. The molecule has 0 radical (unpaired) electrons. The lowest BCUT2D eigenvalue weighted by Gasteiger charge is -2.30. The fourth-order valence-electron chi connectivity index (χ4n) is 2.42. The molecule has 3 heteroatoms. The van der Waals surface area contributed by atoms with E-state index >= 15 is 0 Å². The van der Waals surface area contributed by atoms with Gasteiger partial charge in [0.2, 0.25) is 0 Å². The van der Waals surface area contributed by atoms with Crippen LogP contribution in [0.5, 0.6) is 0 Å². The summed E-state index contributed by atoms with van der Waals surface area (Å²) in [6, 6.07) is 15.0. The van der Waals surface area contributed by atoms with Gasteiger partial charge in [-0.1, -0.05) is 48.2 Å². The van der Waals surface area contributed by atoms with Gasteiger partial charge in [0.1, 0.15) is 0 Å². The molecule has 0 amide bonds. The lowest BCUT2D eigenvalue weighted by atomic mass is 9.88. The minimum atomic E-state index is -0.167. The van der Waals surface area contributed by atoms with E-state index in [1.54, 1.807) is 11.8 Å². The van der Waals surface area contributed by atoms with Crippen LogP contribution in [0, 0.1) is 0 Å². The number of hydrogen-bond donors (Lipinski definition) is 1. The third-order valence-electron chi connectivity index (χ3n) is 3.57. The van der Waals surface area contributed by atoms with Crippen LogP contribution in [0.25, 0.3) is 10.8 Å². The predicted octanol–water partition coefficient (Wildman–Crippen LogP) is 3.51. The summed E-state index contributed by atoms with van der Waals surface area (Å²) < 4.78 is 0. The Labute approximate surface area is 111 Å². The van der Waals surface area contributed by atoms with Crippen LogP contribution >= 0.6 is 11.8 Å². The van der Waals surface area contributed by atoms with Gasteiger partial charge in [-0.25, -0.2) is 0 Å². The molecule has 0 aliphatic carbocycles. The summed E-state index contributed by atoms with van der Waals surface area (Å²) in [5.41, 5.74) is 6.96. The molecule has 2 N–H and O–H groups in total. The van der Waals surface area contributed by atoms with Crippen LogP contribution in [0.15, 0.2) is 47.5 Å². The standard InChI is InChI=1S/C15H16N2S/c1-15(8-9-18-14(16)17-15)13-7-6-11-4-2-3-5-12(11)10-13/h2-7,10H,8-9H2,1H3,(H2,16,17). The van der Waals surface area contributed by atoms with Gasteiger partial charge in [0.05, 0.1) is 5.54 Å². The quantitative estimate of drug-likeness (QED) is 0.848. The largest absolute Gasteiger partial charge is 0.379 e. The first-order valence-corrected chi connectivity index (χ1v) is 7.13. The molecule has 1 aliphatic heterocycles. The van der Waals surface area contributed by atoms with Crippen LogP contribution in [0.2, 0.25) is 0 Å². The first kappa shape index (κ1) is 11.6. The maximum absolute atomic E-state index is 5.87. The highest BCUT2D eigenvalue weighted by Crippen LogP contribution is 2.36. The minimum Gasteiger partial charge on any atom is -0.379 e. The van der Waals surface area contributed by atoms with Crippen molar-refractivity contribution in [2.75, 3.05) is 5.75 Å². The van der Waals surface area contributed by atoms with E-state index < -0.39 is 0 Å². The van der Waals surface area contributed by atoms with E-state index in [0.717, 1.165) is 12.2 Å². The molecule has 18 heavy (non-hydrogen) atoms. The molecule has 0 saturated carbocycles. The van der Waals surface area contributed by atoms with Crippen molar-refractivity contribution in [3.8, 4) is 0 Å². The molecule has 0 spiro atoms. The van der Waals surface area contributed by atoms with E-state index in [-0.39, 0.29) is 5.54 Å². The molecule has 0 fully saturated rings. The summed E-state index contributed by atoms with van der Waals surface area (Å²) in [5, 5.41) is 3.24. The van der Waals surface area contributed by atoms with Crippen molar-refractivity contribution in [2.45, 2.75) is 18.9 Å².